The Labute approximate surface area is 165 Å². The number of ether oxygens (including phenoxy) is 1. The summed E-state index contributed by atoms with van der Waals surface area (Å²) < 4.78 is 18.4. The number of nitrogens with zero attached hydrogens (tertiary/aromatic N) is 2. The Balaban J connectivity index is 1.74. The summed E-state index contributed by atoms with van der Waals surface area (Å²) in [5, 5.41) is 0.909. The average Bonchev–Trinajstić information content (AvgIpc) is 2.66. The monoisotopic (exact) mass is 403 g/mol. The highest BCUT2D eigenvalue weighted by molar-refractivity contribution is 6.31. The van der Waals surface area contributed by atoms with E-state index in [1.165, 1.54) is 24.3 Å². The van der Waals surface area contributed by atoms with Crippen molar-refractivity contribution in [3.63, 3.8) is 0 Å². The van der Waals surface area contributed by atoms with Crippen molar-refractivity contribution in [2.24, 2.45) is 0 Å². The van der Waals surface area contributed by atoms with E-state index >= 15 is 0 Å². The van der Waals surface area contributed by atoms with Crippen LogP contribution in [0.5, 0.6) is 5.75 Å². The molecule has 0 bridgehead atoms. The summed E-state index contributed by atoms with van der Waals surface area (Å²) in [4.78, 5) is 33.5. The SMILES string of the molecule is CCCN(Cc1nc2cc(Cl)ccc2c(=O)[nH]1)C(=O)COc1ccc(F)cc1. The molecular formula is C20H19ClFN3O3. The summed E-state index contributed by atoms with van der Waals surface area (Å²) in [6.07, 6.45) is 0.728. The summed E-state index contributed by atoms with van der Waals surface area (Å²) >= 11 is 5.98. The van der Waals surface area contributed by atoms with Crippen molar-refractivity contribution in [3.05, 3.63) is 69.5 Å². The van der Waals surface area contributed by atoms with Crippen molar-refractivity contribution >= 4 is 28.4 Å². The number of benzene rings is 2. The third-order valence-electron chi connectivity index (χ3n) is 4.08. The van der Waals surface area contributed by atoms with E-state index < -0.39 is 0 Å². The minimum Gasteiger partial charge on any atom is -0.484 e. The lowest BCUT2D eigenvalue weighted by Gasteiger charge is -2.21. The molecule has 1 amide bonds. The lowest BCUT2D eigenvalue weighted by molar-refractivity contribution is -0.134. The van der Waals surface area contributed by atoms with Crippen molar-refractivity contribution in [2.75, 3.05) is 13.2 Å². The molecule has 0 saturated heterocycles. The fourth-order valence-electron chi connectivity index (χ4n) is 2.75. The van der Waals surface area contributed by atoms with Crippen molar-refractivity contribution < 1.29 is 13.9 Å². The van der Waals surface area contributed by atoms with Gasteiger partial charge in [0.15, 0.2) is 6.61 Å². The molecule has 0 aliphatic carbocycles. The van der Waals surface area contributed by atoms with Crippen molar-refractivity contribution in [3.8, 4) is 5.75 Å². The number of hydrogen-bond donors (Lipinski definition) is 1. The van der Waals surface area contributed by atoms with Crippen LogP contribution in [0.2, 0.25) is 5.02 Å². The van der Waals surface area contributed by atoms with Crippen LogP contribution in [0.25, 0.3) is 10.9 Å². The zero-order chi connectivity index (χ0) is 20.1. The van der Waals surface area contributed by atoms with E-state index in [1.54, 1.807) is 23.1 Å². The Morgan fingerprint density at radius 2 is 2.00 bits per heavy atom. The molecule has 0 radical (unpaired) electrons. The van der Waals surface area contributed by atoms with E-state index in [0.29, 0.717) is 34.0 Å². The Kier molecular flexibility index (Phi) is 6.26. The van der Waals surface area contributed by atoms with E-state index in [-0.39, 0.29) is 30.4 Å². The Hall–Kier alpha value is -2.93. The Bertz CT molecular complexity index is 1040. The summed E-state index contributed by atoms with van der Waals surface area (Å²) in [5.41, 5.74) is 0.181. The van der Waals surface area contributed by atoms with E-state index in [9.17, 15) is 14.0 Å². The van der Waals surface area contributed by atoms with Crippen LogP contribution in [0, 0.1) is 5.82 Å². The molecule has 1 N–H and O–H groups in total. The van der Waals surface area contributed by atoms with Crippen molar-refractivity contribution in [1.82, 2.24) is 14.9 Å². The molecule has 3 aromatic rings. The van der Waals surface area contributed by atoms with E-state index in [0.717, 1.165) is 6.42 Å². The first-order valence-corrected chi connectivity index (χ1v) is 9.18. The lowest BCUT2D eigenvalue weighted by Crippen LogP contribution is -2.36. The molecule has 28 heavy (non-hydrogen) atoms. The first kappa shape index (κ1) is 19.8. The molecule has 0 spiro atoms. The quantitative estimate of drug-likeness (QED) is 0.654. The number of carbonyl (C=O) groups is 1. The van der Waals surface area contributed by atoms with Gasteiger partial charge in [-0.25, -0.2) is 9.37 Å². The van der Waals surface area contributed by atoms with Crippen molar-refractivity contribution in [1.29, 1.82) is 0 Å². The van der Waals surface area contributed by atoms with Gasteiger partial charge in [-0.15, -0.1) is 0 Å². The predicted octanol–water partition coefficient (Wildman–Crippen LogP) is 3.53. The second kappa shape index (κ2) is 8.84. The highest BCUT2D eigenvalue weighted by Gasteiger charge is 2.16. The van der Waals surface area contributed by atoms with Crippen LogP contribution in [0.4, 0.5) is 4.39 Å². The molecule has 6 nitrogen and oxygen atoms in total. The summed E-state index contributed by atoms with van der Waals surface area (Å²) in [6, 6.07) is 10.3. The van der Waals surface area contributed by atoms with Crippen LogP contribution in [-0.2, 0) is 11.3 Å². The number of H-pyrrole nitrogens is 1. The number of fused-ring (bicyclic) bond motifs is 1. The van der Waals surface area contributed by atoms with Crippen LogP contribution >= 0.6 is 11.6 Å². The Morgan fingerprint density at radius 1 is 1.25 bits per heavy atom. The maximum absolute atomic E-state index is 13.0. The topological polar surface area (TPSA) is 75.3 Å². The van der Waals surface area contributed by atoms with Gasteiger partial charge in [0.05, 0.1) is 17.4 Å². The molecule has 0 saturated carbocycles. The molecule has 0 aliphatic heterocycles. The molecule has 0 aliphatic rings. The molecular weight excluding hydrogens is 385 g/mol. The fourth-order valence-corrected chi connectivity index (χ4v) is 2.91. The van der Waals surface area contributed by atoms with Gasteiger partial charge in [-0.1, -0.05) is 18.5 Å². The number of rotatable bonds is 7. The van der Waals surface area contributed by atoms with Crippen LogP contribution < -0.4 is 10.3 Å². The fraction of sp³-hybridized carbons (Fsp3) is 0.250. The molecule has 2 aromatic carbocycles. The van der Waals surface area contributed by atoms with Gasteiger partial charge in [-0.3, -0.25) is 9.59 Å². The van der Waals surface area contributed by atoms with Gasteiger partial charge in [0, 0.05) is 11.6 Å². The first-order valence-electron chi connectivity index (χ1n) is 8.81. The molecule has 8 heteroatoms. The first-order chi connectivity index (χ1) is 13.5. The van der Waals surface area contributed by atoms with Gasteiger partial charge in [0.1, 0.15) is 17.4 Å². The number of halogens is 2. The van der Waals surface area contributed by atoms with Crippen LogP contribution in [-0.4, -0.2) is 33.9 Å². The average molecular weight is 404 g/mol. The second-order valence-corrected chi connectivity index (χ2v) is 6.67. The van der Waals surface area contributed by atoms with E-state index in [1.807, 2.05) is 6.92 Å². The molecule has 146 valence electrons. The number of amides is 1. The maximum atomic E-state index is 13.0. The standard InChI is InChI=1S/C20H19ClFN3O3/c1-2-9-25(19(26)12-28-15-6-4-14(22)5-7-15)11-18-23-17-10-13(21)3-8-16(17)20(27)24-18/h3-8,10H,2,9,11-12H2,1H3,(H,23,24,27). The van der Waals surface area contributed by atoms with E-state index in [2.05, 4.69) is 9.97 Å². The van der Waals surface area contributed by atoms with Crippen LogP contribution in [0.1, 0.15) is 19.2 Å². The van der Waals surface area contributed by atoms with Crippen LogP contribution in [0.15, 0.2) is 47.3 Å². The minimum atomic E-state index is -0.377. The molecule has 0 atom stereocenters. The highest BCUT2D eigenvalue weighted by Crippen LogP contribution is 2.15. The maximum Gasteiger partial charge on any atom is 0.260 e. The summed E-state index contributed by atoms with van der Waals surface area (Å²) in [6.45, 7) is 2.35. The van der Waals surface area contributed by atoms with Crippen LogP contribution in [0.3, 0.4) is 0 Å². The summed E-state index contributed by atoms with van der Waals surface area (Å²) in [7, 11) is 0. The molecule has 1 aromatic heterocycles. The molecule has 0 fully saturated rings. The number of aromatic amines is 1. The van der Waals surface area contributed by atoms with Gasteiger partial charge in [-0.05, 0) is 48.9 Å². The van der Waals surface area contributed by atoms with Crippen molar-refractivity contribution in [2.45, 2.75) is 19.9 Å². The van der Waals surface area contributed by atoms with Gasteiger partial charge < -0.3 is 14.6 Å². The third kappa shape index (κ3) is 4.86. The van der Waals surface area contributed by atoms with Gasteiger partial charge in [0.25, 0.3) is 11.5 Å². The number of hydrogen-bond acceptors (Lipinski definition) is 4. The zero-order valence-corrected chi connectivity index (χ0v) is 16.0. The normalized spacial score (nSPS) is 10.8. The second-order valence-electron chi connectivity index (χ2n) is 6.23. The highest BCUT2D eigenvalue weighted by atomic mass is 35.5. The van der Waals surface area contributed by atoms with E-state index in [4.69, 9.17) is 16.3 Å². The zero-order valence-electron chi connectivity index (χ0n) is 15.2. The van der Waals surface area contributed by atoms with Gasteiger partial charge >= 0.3 is 0 Å². The summed E-state index contributed by atoms with van der Waals surface area (Å²) in [5.74, 6) is 0.124. The van der Waals surface area contributed by atoms with Gasteiger partial charge in [0.2, 0.25) is 0 Å². The smallest absolute Gasteiger partial charge is 0.260 e. The molecule has 1 heterocycles. The van der Waals surface area contributed by atoms with Gasteiger partial charge in [-0.2, -0.15) is 0 Å². The molecule has 3 rings (SSSR count). The number of aromatic nitrogens is 2. The predicted molar refractivity (Wildman–Crippen MR) is 105 cm³/mol. The molecule has 0 unspecified atom stereocenters. The number of carbonyl (C=O) groups excluding carboxylic acids is 1. The third-order valence-corrected chi connectivity index (χ3v) is 4.32. The Morgan fingerprint density at radius 3 is 2.71 bits per heavy atom. The largest absolute Gasteiger partial charge is 0.484 e. The lowest BCUT2D eigenvalue weighted by atomic mass is 10.2. The number of nitrogens with one attached hydrogen (secondary N) is 1. The minimum absolute atomic E-state index is 0.136.